The van der Waals surface area contributed by atoms with E-state index in [0.29, 0.717) is 6.54 Å². The van der Waals surface area contributed by atoms with Gasteiger partial charge in [0.25, 0.3) is 0 Å². The summed E-state index contributed by atoms with van der Waals surface area (Å²) in [5.74, 6) is 0. The number of para-hydroxylation sites is 1. The minimum atomic E-state index is 0.596. The molecule has 2 aromatic rings. The van der Waals surface area contributed by atoms with Gasteiger partial charge < -0.3 is 10.6 Å². The lowest BCUT2D eigenvalue weighted by atomic mass is 9.95. The lowest BCUT2D eigenvalue weighted by molar-refractivity contribution is 0.309. The second kappa shape index (κ2) is 4.34. The van der Waals surface area contributed by atoms with Crippen LogP contribution in [0.5, 0.6) is 0 Å². The van der Waals surface area contributed by atoms with Crippen LogP contribution in [-0.2, 0) is 19.5 Å². The van der Waals surface area contributed by atoms with Crippen molar-refractivity contribution in [3.05, 3.63) is 40.6 Å². The van der Waals surface area contributed by atoms with Crippen molar-refractivity contribution >= 4 is 10.9 Å². The molecule has 0 aliphatic carbocycles. The Kier molecular flexibility index (Phi) is 2.80. The van der Waals surface area contributed by atoms with Gasteiger partial charge in [0.1, 0.15) is 0 Å². The van der Waals surface area contributed by atoms with Gasteiger partial charge in [-0.05, 0) is 30.7 Å². The van der Waals surface area contributed by atoms with Crippen LogP contribution in [0.3, 0.4) is 0 Å². The molecule has 18 heavy (non-hydrogen) atoms. The van der Waals surface area contributed by atoms with Gasteiger partial charge in [0.05, 0.1) is 5.52 Å². The summed E-state index contributed by atoms with van der Waals surface area (Å²) in [6.07, 6.45) is 1.03. The van der Waals surface area contributed by atoms with Crippen LogP contribution in [0.15, 0.2) is 18.2 Å². The molecular weight excluding hydrogens is 222 g/mol. The Morgan fingerprint density at radius 2 is 2.22 bits per heavy atom. The Labute approximate surface area is 108 Å². The van der Waals surface area contributed by atoms with Crippen LogP contribution in [0.25, 0.3) is 10.9 Å². The molecule has 1 aromatic carbocycles. The number of pyridine rings is 1. The van der Waals surface area contributed by atoms with E-state index in [1.54, 1.807) is 0 Å². The van der Waals surface area contributed by atoms with Gasteiger partial charge in [-0.15, -0.1) is 0 Å². The van der Waals surface area contributed by atoms with E-state index in [9.17, 15) is 0 Å². The van der Waals surface area contributed by atoms with Crippen LogP contribution in [-0.4, -0.2) is 23.5 Å². The van der Waals surface area contributed by atoms with Crippen LogP contribution >= 0.6 is 0 Å². The maximum atomic E-state index is 5.99. The summed E-state index contributed by atoms with van der Waals surface area (Å²) in [5, 5.41) is 1.23. The van der Waals surface area contributed by atoms with Gasteiger partial charge >= 0.3 is 0 Å². The number of fused-ring (bicyclic) bond motifs is 2. The molecule has 94 valence electrons. The molecule has 3 rings (SSSR count). The number of hydrogen-bond donors (Lipinski definition) is 1. The fourth-order valence-corrected chi connectivity index (χ4v) is 2.86. The minimum absolute atomic E-state index is 0.596. The van der Waals surface area contributed by atoms with Crippen LogP contribution in [0.4, 0.5) is 0 Å². The number of aromatic nitrogens is 1. The highest BCUT2D eigenvalue weighted by Gasteiger charge is 2.20. The van der Waals surface area contributed by atoms with E-state index in [1.165, 1.54) is 27.8 Å². The Bertz CT molecular complexity index is 604. The number of rotatable bonds is 1. The normalized spacial score (nSPS) is 15.9. The van der Waals surface area contributed by atoms with E-state index >= 15 is 0 Å². The molecule has 1 aliphatic rings. The minimum Gasteiger partial charge on any atom is -0.326 e. The maximum Gasteiger partial charge on any atom is 0.0737 e. The molecule has 0 bridgehead atoms. The van der Waals surface area contributed by atoms with Gasteiger partial charge in [0.2, 0.25) is 0 Å². The topological polar surface area (TPSA) is 42.1 Å². The zero-order chi connectivity index (χ0) is 12.7. The zero-order valence-corrected chi connectivity index (χ0v) is 11.0. The molecule has 1 aliphatic heterocycles. The molecule has 3 heteroatoms. The molecule has 2 heterocycles. The van der Waals surface area contributed by atoms with E-state index in [4.69, 9.17) is 10.7 Å². The van der Waals surface area contributed by atoms with Gasteiger partial charge in [-0.1, -0.05) is 18.2 Å². The molecule has 0 atom stereocenters. The van der Waals surface area contributed by atoms with Crippen molar-refractivity contribution < 1.29 is 0 Å². The van der Waals surface area contributed by atoms with E-state index in [1.807, 2.05) is 0 Å². The fraction of sp³-hybridized carbons (Fsp3) is 0.400. The molecule has 0 saturated heterocycles. The van der Waals surface area contributed by atoms with E-state index < -0.39 is 0 Å². The first-order valence-corrected chi connectivity index (χ1v) is 6.49. The first kappa shape index (κ1) is 11.6. The zero-order valence-electron chi connectivity index (χ0n) is 11.0. The predicted molar refractivity (Wildman–Crippen MR) is 74.4 cm³/mol. The smallest absolute Gasteiger partial charge is 0.0737 e. The Hall–Kier alpha value is -1.45. The third-order valence-electron chi connectivity index (χ3n) is 3.88. The highest BCUT2D eigenvalue weighted by molar-refractivity contribution is 5.86. The van der Waals surface area contributed by atoms with Crippen molar-refractivity contribution in [2.75, 3.05) is 13.6 Å². The van der Waals surface area contributed by atoms with E-state index in [0.717, 1.165) is 25.0 Å². The van der Waals surface area contributed by atoms with Crippen LogP contribution < -0.4 is 5.73 Å². The summed E-state index contributed by atoms with van der Waals surface area (Å²) in [7, 11) is 2.16. The van der Waals surface area contributed by atoms with Crippen LogP contribution in [0, 0.1) is 6.92 Å². The summed E-state index contributed by atoms with van der Waals surface area (Å²) < 4.78 is 0. The van der Waals surface area contributed by atoms with Gasteiger partial charge in [0, 0.05) is 37.1 Å². The predicted octanol–water partition coefficient (Wildman–Crippen LogP) is 1.99. The lowest BCUT2D eigenvalue weighted by Crippen LogP contribution is -2.29. The van der Waals surface area contributed by atoms with Crippen molar-refractivity contribution in [2.45, 2.75) is 26.4 Å². The second-order valence-corrected chi connectivity index (χ2v) is 5.18. The van der Waals surface area contributed by atoms with Gasteiger partial charge in [-0.25, -0.2) is 0 Å². The molecule has 3 nitrogen and oxygen atoms in total. The number of nitrogens with zero attached hydrogens (tertiary/aromatic N) is 2. The molecule has 0 spiro atoms. The maximum absolute atomic E-state index is 5.99. The summed E-state index contributed by atoms with van der Waals surface area (Å²) in [6.45, 7) is 4.77. The van der Waals surface area contributed by atoms with Crippen molar-refractivity contribution in [1.29, 1.82) is 0 Å². The molecule has 2 N–H and O–H groups in total. The van der Waals surface area contributed by atoms with E-state index in [2.05, 4.69) is 37.1 Å². The first-order valence-electron chi connectivity index (χ1n) is 6.49. The lowest BCUT2D eigenvalue weighted by Gasteiger charge is -2.27. The average Bonchev–Trinajstić information content (AvgIpc) is 2.37. The average molecular weight is 241 g/mol. The van der Waals surface area contributed by atoms with Crippen LogP contribution in [0.1, 0.15) is 22.4 Å². The molecular formula is C15H19N3. The highest BCUT2D eigenvalue weighted by Crippen LogP contribution is 2.28. The summed E-state index contributed by atoms with van der Waals surface area (Å²) in [5.41, 5.74) is 12.2. The van der Waals surface area contributed by atoms with Gasteiger partial charge in [-0.2, -0.15) is 0 Å². The third-order valence-corrected chi connectivity index (χ3v) is 3.88. The third kappa shape index (κ3) is 1.71. The number of hydrogen-bond acceptors (Lipinski definition) is 3. The number of nitrogens with two attached hydrogens (primary N) is 1. The van der Waals surface area contributed by atoms with Crippen LogP contribution in [0.2, 0.25) is 0 Å². The number of benzene rings is 1. The summed E-state index contributed by atoms with van der Waals surface area (Å²) >= 11 is 0. The molecule has 0 radical (unpaired) electrons. The van der Waals surface area contributed by atoms with Gasteiger partial charge in [-0.3, -0.25) is 4.98 Å². The fourth-order valence-electron chi connectivity index (χ4n) is 2.86. The highest BCUT2D eigenvalue weighted by atomic mass is 15.1. The molecule has 0 fully saturated rings. The quantitative estimate of drug-likeness (QED) is 0.830. The van der Waals surface area contributed by atoms with Gasteiger partial charge in [0.15, 0.2) is 0 Å². The molecule has 0 saturated carbocycles. The van der Waals surface area contributed by atoms with Crippen molar-refractivity contribution in [3.63, 3.8) is 0 Å². The Morgan fingerprint density at radius 3 is 3.00 bits per heavy atom. The number of aryl methyl sites for hydroxylation is 1. The van der Waals surface area contributed by atoms with Crippen molar-refractivity contribution in [1.82, 2.24) is 9.88 Å². The Balaban J connectivity index is 2.34. The van der Waals surface area contributed by atoms with Crippen molar-refractivity contribution in [3.8, 4) is 0 Å². The molecule has 0 amide bonds. The van der Waals surface area contributed by atoms with Crippen molar-refractivity contribution in [2.24, 2.45) is 5.73 Å². The Morgan fingerprint density at radius 1 is 1.39 bits per heavy atom. The molecule has 0 unspecified atom stereocenters. The summed E-state index contributed by atoms with van der Waals surface area (Å²) in [4.78, 5) is 7.21. The standard InChI is InChI=1S/C15H19N3/c1-10-4-3-5-11-12(8-16)13-9-18(2)7-6-14(13)17-15(10)11/h3-5H,6-9,16H2,1-2H3. The summed E-state index contributed by atoms with van der Waals surface area (Å²) in [6, 6.07) is 6.36. The molecule has 1 aromatic heterocycles. The first-order chi connectivity index (χ1) is 8.70. The monoisotopic (exact) mass is 241 g/mol. The SMILES string of the molecule is Cc1cccc2c(CN)c3c(nc12)CCN(C)C3. The number of likely N-dealkylation sites (N-methyl/N-ethyl adjacent to an activating group) is 1. The second-order valence-electron chi connectivity index (χ2n) is 5.18. The van der Waals surface area contributed by atoms with E-state index in [-0.39, 0.29) is 0 Å². The largest absolute Gasteiger partial charge is 0.326 e.